The van der Waals surface area contributed by atoms with Crippen molar-refractivity contribution in [1.82, 2.24) is 0 Å². The first-order valence-corrected chi connectivity index (χ1v) is 1.51. The van der Waals surface area contributed by atoms with Crippen molar-refractivity contribution in [3.8, 4) is 0 Å². The molecule has 0 heterocycles. The molecule has 2 nitrogen and oxygen atoms in total. The molecule has 2 heteroatoms. The molecular weight excluding hydrogens is 80.0 g/mol. The van der Waals surface area contributed by atoms with Crippen LogP contribution in [0.15, 0.2) is 6.08 Å². The zero-order chi connectivity index (χ0) is 4.99. The Morgan fingerprint density at radius 1 is 2.00 bits per heavy atom. The standard InChI is InChI=1S/C4H5O2/c1-2-3-4(5)6/h3H,1H3,(H,5,6). The molecule has 0 aliphatic heterocycles. The van der Waals surface area contributed by atoms with Gasteiger partial charge in [0.15, 0.2) is 0 Å². The minimum atomic E-state index is -0.947. The average molecular weight is 85.1 g/mol. The van der Waals surface area contributed by atoms with Crippen LogP contribution in [-0.4, -0.2) is 11.1 Å². The molecule has 0 spiro atoms. The second-order valence-electron chi connectivity index (χ2n) is 0.771. The first-order valence-electron chi connectivity index (χ1n) is 1.51. The SMILES string of the molecule is C/[C]=C\C(=O)O. The Morgan fingerprint density at radius 2 is 2.50 bits per heavy atom. The summed E-state index contributed by atoms with van der Waals surface area (Å²) < 4.78 is 0. The number of aliphatic carboxylic acids is 1. The van der Waals surface area contributed by atoms with Crippen molar-refractivity contribution in [2.24, 2.45) is 0 Å². The Kier molecular flexibility index (Phi) is 2.13. The maximum Gasteiger partial charge on any atom is 0.328 e. The van der Waals surface area contributed by atoms with E-state index in [9.17, 15) is 4.79 Å². The maximum atomic E-state index is 9.48. The lowest BCUT2D eigenvalue weighted by atomic mass is 10.5. The molecule has 0 rings (SSSR count). The van der Waals surface area contributed by atoms with Crippen LogP contribution >= 0.6 is 0 Å². The zero-order valence-electron chi connectivity index (χ0n) is 3.43. The summed E-state index contributed by atoms with van der Waals surface area (Å²) in [7, 11) is 0. The summed E-state index contributed by atoms with van der Waals surface area (Å²) in [4.78, 5) is 9.48. The number of carbonyl (C=O) groups is 1. The normalized spacial score (nSPS) is 9.50. The van der Waals surface area contributed by atoms with E-state index >= 15 is 0 Å². The third-order valence-corrected chi connectivity index (χ3v) is 0.268. The predicted molar refractivity (Wildman–Crippen MR) is 21.1 cm³/mol. The van der Waals surface area contributed by atoms with E-state index in [4.69, 9.17) is 5.11 Å². The monoisotopic (exact) mass is 85.0 g/mol. The molecule has 0 unspecified atom stereocenters. The van der Waals surface area contributed by atoms with Gasteiger partial charge in [0.05, 0.1) is 0 Å². The van der Waals surface area contributed by atoms with Crippen molar-refractivity contribution < 1.29 is 9.90 Å². The first-order chi connectivity index (χ1) is 2.77. The van der Waals surface area contributed by atoms with E-state index in [1.54, 1.807) is 0 Å². The highest BCUT2D eigenvalue weighted by atomic mass is 16.4. The fourth-order valence-corrected chi connectivity index (χ4v) is 0.123. The molecule has 0 aromatic rings. The van der Waals surface area contributed by atoms with Gasteiger partial charge in [0.2, 0.25) is 0 Å². The lowest BCUT2D eigenvalue weighted by Gasteiger charge is -1.68. The number of hydrogen-bond acceptors (Lipinski definition) is 1. The van der Waals surface area contributed by atoms with Crippen molar-refractivity contribution in [2.45, 2.75) is 6.92 Å². The third kappa shape index (κ3) is 3.21. The van der Waals surface area contributed by atoms with Crippen molar-refractivity contribution in [3.63, 3.8) is 0 Å². The first kappa shape index (κ1) is 5.21. The molecule has 0 aromatic carbocycles. The number of carboxylic acids is 1. The molecule has 1 radical (unpaired) electrons. The number of rotatable bonds is 1. The summed E-state index contributed by atoms with van der Waals surface area (Å²) >= 11 is 0. The zero-order valence-corrected chi connectivity index (χ0v) is 3.43. The average Bonchev–Trinajstić information content (AvgIpc) is 1.35. The predicted octanol–water partition coefficient (Wildman–Crippen LogP) is 0.450. The summed E-state index contributed by atoms with van der Waals surface area (Å²) in [6.07, 6.45) is 3.30. The summed E-state index contributed by atoms with van der Waals surface area (Å²) in [5, 5.41) is 7.80. The van der Waals surface area contributed by atoms with Crippen LogP contribution in [0.3, 0.4) is 0 Å². The lowest BCUT2D eigenvalue weighted by Crippen LogP contribution is -1.83. The number of allylic oxidation sites excluding steroid dienone is 1. The molecule has 0 fully saturated rings. The molecule has 0 saturated carbocycles. The van der Waals surface area contributed by atoms with E-state index in [1.165, 1.54) is 6.92 Å². The molecule has 33 valence electrons. The smallest absolute Gasteiger partial charge is 0.328 e. The van der Waals surface area contributed by atoms with E-state index in [1.807, 2.05) is 0 Å². The highest BCUT2D eigenvalue weighted by Crippen LogP contribution is 1.63. The van der Waals surface area contributed by atoms with E-state index in [0.29, 0.717) is 0 Å². The minimum Gasteiger partial charge on any atom is -0.478 e. The van der Waals surface area contributed by atoms with Gasteiger partial charge in [0.1, 0.15) is 0 Å². The molecule has 0 aromatic heterocycles. The summed E-state index contributed by atoms with van der Waals surface area (Å²) in [5.74, 6) is -0.947. The van der Waals surface area contributed by atoms with Crippen molar-refractivity contribution >= 4 is 5.97 Å². The summed E-state index contributed by atoms with van der Waals surface area (Å²) in [6, 6.07) is 0. The van der Waals surface area contributed by atoms with Crippen LogP contribution in [0.25, 0.3) is 0 Å². The van der Waals surface area contributed by atoms with Crippen LogP contribution in [-0.2, 0) is 4.79 Å². The van der Waals surface area contributed by atoms with E-state index in [-0.39, 0.29) is 0 Å². The van der Waals surface area contributed by atoms with E-state index < -0.39 is 5.97 Å². The Bertz CT molecular complexity index is 73.6. The number of hydrogen-bond donors (Lipinski definition) is 1. The molecule has 1 N–H and O–H groups in total. The topological polar surface area (TPSA) is 37.3 Å². The second-order valence-corrected chi connectivity index (χ2v) is 0.771. The van der Waals surface area contributed by atoms with Crippen LogP contribution in [0.2, 0.25) is 0 Å². The molecule has 0 amide bonds. The number of carboxylic acid groups (broad SMARTS) is 1. The molecule has 0 saturated heterocycles. The van der Waals surface area contributed by atoms with Gasteiger partial charge in [-0.25, -0.2) is 4.79 Å². The minimum absolute atomic E-state index is 0.947. The van der Waals surface area contributed by atoms with Crippen molar-refractivity contribution in [1.29, 1.82) is 0 Å². The van der Waals surface area contributed by atoms with E-state index in [2.05, 4.69) is 6.08 Å². The summed E-state index contributed by atoms with van der Waals surface area (Å²) in [5.41, 5.74) is 0. The van der Waals surface area contributed by atoms with Crippen molar-refractivity contribution in [2.75, 3.05) is 0 Å². The molecule has 0 atom stereocenters. The van der Waals surface area contributed by atoms with Crippen LogP contribution in [0, 0.1) is 6.08 Å². The highest BCUT2D eigenvalue weighted by molar-refractivity contribution is 5.78. The molecule has 0 bridgehead atoms. The third-order valence-electron chi connectivity index (χ3n) is 0.268. The van der Waals surface area contributed by atoms with Gasteiger partial charge < -0.3 is 5.11 Å². The maximum absolute atomic E-state index is 9.48. The second kappa shape index (κ2) is 2.45. The van der Waals surface area contributed by atoms with Gasteiger partial charge in [-0.3, -0.25) is 0 Å². The van der Waals surface area contributed by atoms with Gasteiger partial charge in [-0.2, -0.15) is 0 Å². The van der Waals surface area contributed by atoms with Crippen LogP contribution in [0.1, 0.15) is 6.92 Å². The Hall–Kier alpha value is -0.790. The van der Waals surface area contributed by atoms with Crippen molar-refractivity contribution in [3.05, 3.63) is 12.2 Å². The van der Waals surface area contributed by atoms with E-state index in [0.717, 1.165) is 6.08 Å². The molecule has 0 aliphatic rings. The van der Waals surface area contributed by atoms with Gasteiger partial charge in [-0.05, 0) is 13.0 Å². The van der Waals surface area contributed by atoms with Crippen LogP contribution < -0.4 is 0 Å². The quantitative estimate of drug-likeness (QED) is 0.469. The Labute approximate surface area is 36.1 Å². The van der Waals surface area contributed by atoms with Gasteiger partial charge in [0.25, 0.3) is 0 Å². The molecule has 0 aliphatic carbocycles. The fraction of sp³-hybridized carbons (Fsp3) is 0.250. The van der Waals surface area contributed by atoms with Gasteiger partial charge >= 0.3 is 5.97 Å². The van der Waals surface area contributed by atoms with Gasteiger partial charge in [-0.1, -0.05) is 0 Å². The fourth-order valence-electron chi connectivity index (χ4n) is 0.123. The van der Waals surface area contributed by atoms with Crippen LogP contribution in [0.5, 0.6) is 0 Å². The van der Waals surface area contributed by atoms with Gasteiger partial charge in [-0.15, -0.1) is 0 Å². The highest BCUT2D eigenvalue weighted by Gasteiger charge is 1.77. The Balaban J connectivity index is 3.30. The largest absolute Gasteiger partial charge is 0.478 e. The van der Waals surface area contributed by atoms with Crippen LogP contribution in [0.4, 0.5) is 0 Å². The Morgan fingerprint density at radius 3 is 2.50 bits per heavy atom. The van der Waals surface area contributed by atoms with Gasteiger partial charge in [0, 0.05) is 6.08 Å². The molecular formula is C4H5O2. The molecule has 6 heavy (non-hydrogen) atoms. The lowest BCUT2D eigenvalue weighted by molar-refractivity contribution is -0.131. The summed E-state index contributed by atoms with van der Waals surface area (Å²) in [6.45, 7) is 1.54.